The highest BCUT2D eigenvalue weighted by atomic mass is 16.5. The summed E-state index contributed by atoms with van der Waals surface area (Å²) in [5, 5.41) is 5.93. The fourth-order valence-corrected chi connectivity index (χ4v) is 2.96. The lowest BCUT2D eigenvalue weighted by Gasteiger charge is -2.32. The first kappa shape index (κ1) is 17.8. The summed E-state index contributed by atoms with van der Waals surface area (Å²) >= 11 is 0. The first-order chi connectivity index (χ1) is 12.7. The number of anilines is 1. The molecule has 0 unspecified atom stereocenters. The van der Waals surface area contributed by atoms with Crippen LogP contribution < -0.4 is 15.4 Å². The second-order valence-electron chi connectivity index (χ2n) is 6.26. The molecule has 3 amide bonds. The van der Waals surface area contributed by atoms with Gasteiger partial charge < -0.3 is 20.3 Å². The molecule has 0 aromatic heterocycles. The molecular formula is C20H23N3O3. The van der Waals surface area contributed by atoms with E-state index in [1.54, 1.807) is 36.3 Å². The van der Waals surface area contributed by atoms with Crippen molar-refractivity contribution in [2.24, 2.45) is 0 Å². The Hall–Kier alpha value is -3.02. The van der Waals surface area contributed by atoms with E-state index in [1.165, 1.54) is 0 Å². The van der Waals surface area contributed by atoms with Gasteiger partial charge in [-0.15, -0.1) is 0 Å². The summed E-state index contributed by atoms with van der Waals surface area (Å²) in [7, 11) is 1.61. The van der Waals surface area contributed by atoms with Crippen molar-refractivity contribution >= 4 is 17.6 Å². The highest BCUT2D eigenvalue weighted by Crippen LogP contribution is 2.17. The van der Waals surface area contributed by atoms with Gasteiger partial charge in [0, 0.05) is 30.4 Å². The number of urea groups is 1. The lowest BCUT2D eigenvalue weighted by Crippen LogP contribution is -2.47. The molecule has 0 spiro atoms. The Morgan fingerprint density at radius 2 is 1.65 bits per heavy atom. The van der Waals surface area contributed by atoms with Gasteiger partial charge in [-0.05, 0) is 49.2 Å². The van der Waals surface area contributed by atoms with Crippen LogP contribution >= 0.6 is 0 Å². The van der Waals surface area contributed by atoms with E-state index in [0.29, 0.717) is 18.7 Å². The average Bonchev–Trinajstić information content (AvgIpc) is 2.69. The van der Waals surface area contributed by atoms with Crippen LogP contribution in [0.2, 0.25) is 0 Å². The second-order valence-corrected chi connectivity index (χ2v) is 6.26. The monoisotopic (exact) mass is 353 g/mol. The van der Waals surface area contributed by atoms with Crippen molar-refractivity contribution in [1.82, 2.24) is 10.2 Å². The Morgan fingerprint density at radius 3 is 2.27 bits per heavy atom. The molecule has 0 bridgehead atoms. The van der Waals surface area contributed by atoms with Crippen LogP contribution in [0, 0.1) is 0 Å². The summed E-state index contributed by atoms with van der Waals surface area (Å²) in [5.41, 5.74) is 1.39. The zero-order chi connectivity index (χ0) is 18.4. The molecule has 6 nitrogen and oxygen atoms in total. The number of likely N-dealkylation sites (tertiary alicyclic amines) is 1. The number of piperidine rings is 1. The SMILES string of the molecule is COc1ccc(NC(=O)N2CCC(NC(=O)c3ccccc3)CC2)cc1. The molecule has 1 aliphatic rings. The first-order valence-electron chi connectivity index (χ1n) is 8.71. The number of carbonyl (C=O) groups excluding carboxylic acids is 2. The summed E-state index contributed by atoms with van der Waals surface area (Å²) < 4.78 is 5.11. The summed E-state index contributed by atoms with van der Waals surface area (Å²) in [6.07, 6.45) is 1.49. The van der Waals surface area contributed by atoms with Crippen molar-refractivity contribution in [2.45, 2.75) is 18.9 Å². The van der Waals surface area contributed by atoms with E-state index in [9.17, 15) is 9.59 Å². The third kappa shape index (κ3) is 4.53. The minimum Gasteiger partial charge on any atom is -0.497 e. The molecule has 1 aliphatic heterocycles. The molecular weight excluding hydrogens is 330 g/mol. The second kappa shape index (κ2) is 8.38. The number of hydrogen-bond donors (Lipinski definition) is 2. The number of carbonyl (C=O) groups is 2. The van der Waals surface area contributed by atoms with Gasteiger partial charge in [0.2, 0.25) is 0 Å². The minimum absolute atomic E-state index is 0.0632. The number of hydrogen-bond acceptors (Lipinski definition) is 3. The predicted molar refractivity (Wildman–Crippen MR) is 101 cm³/mol. The van der Waals surface area contributed by atoms with Crippen LogP contribution in [0.4, 0.5) is 10.5 Å². The van der Waals surface area contributed by atoms with Gasteiger partial charge in [0.1, 0.15) is 5.75 Å². The molecule has 136 valence electrons. The van der Waals surface area contributed by atoms with E-state index in [1.807, 2.05) is 30.3 Å². The maximum absolute atomic E-state index is 12.4. The summed E-state index contributed by atoms with van der Waals surface area (Å²) in [4.78, 5) is 26.3. The Bertz CT molecular complexity index is 739. The van der Waals surface area contributed by atoms with Crippen molar-refractivity contribution in [3.8, 4) is 5.75 Å². The van der Waals surface area contributed by atoms with Crippen molar-refractivity contribution in [1.29, 1.82) is 0 Å². The van der Waals surface area contributed by atoms with E-state index < -0.39 is 0 Å². The van der Waals surface area contributed by atoms with Crippen LogP contribution in [0.15, 0.2) is 54.6 Å². The number of rotatable bonds is 4. The maximum Gasteiger partial charge on any atom is 0.321 e. The van der Waals surface area contributed by atoms with Crippen LogP contribution in [0.1, 0.15) is 23.2 Å². The zero-order valence-corrected chi connectivity index (χ0v) is 14.8. The number of nitrogens with one attached hydrogen (secondary N) is 2. The van der Waals surface area contributed by atoms with Gasteiger partial charge >= 0.3 is 6.03 Å². The highest BCUT2D eigenvalue weighted by molar-refractivity contribution is 5.94. The normalized spacial score (nSPS) is 14.6. The Balaban J connectivity index is 1.46. The van der Waals surface area contributed by atoms with Crippen molar-refractivity contribution in [3.63, 3.8) is 0 Å². The molecule has 26 heavy (non-hydrogen) atoms. The molecule has 2 aromatic rings. The Labute approximate surface area is 153 Å². The van der Waals surface area contributed by atoms with Gasteiger partial charge in [0.25, 0.3) is 5.91 Å². The van der Waals surface area contributed by atoms with Crippen LogP contribution in [0.3, 0.4) is 0 Å². The van der Waals surface area contributed by atoms with E-state index in [0.717, 1.165) is 24.3 Å². The van der Waals surface area contributed by atoms with Gasteiger partial charge in [-0.3, -0.25) is 4.79 Å². The molecule has 0 saturated carbocycles. The van der Waals surface area contributed by atoms with Crippen molar-refractivity contribution in [3.05, 3.63) is 60.2 Å². The summed E-state index contributed by atoms with van der Waals surface area (Å²) in [6.45, 7) is 1.23. The molecule has 0 aliphatic carbocycles. The van der Waals surface area contributed by atoms with Crippen molar-refractivity contribution < 1.29 is 14.3 Å². The van der Waals surface area contributed by atoms with Crippen LogP contribution in [-0.2, 0) is 0 Å². The van der Waals surface area contributed by atoms with Gasteiger partial charge in [0.15, 0.2) is 0 Å². The number of nitrogens with zero attached hydrogens (tertiary/aromatic N) is 1. The third-order valence-electron chi connectivity index (χ3n) is 4.49. The van der Waals surface area contributed by atoms with Gasteiger partial charge in [-0.25, -0.2) is 4.79 Å². The molecule has 1 heterocycles. The van der Waals surface area contributed by atoms with Crippen molar-refractivity contribution in [2.75, 3.05) is 25.5 Å². The van der Waals surface area contributed by atoms with Crippen LogP contribution in [0.25, 0.3) is 0 Å². The Morgan fingerprint density at radius 1 is 1.00 bits per heavy atom. The van der Waals surface area contributed by atoms with E-state index >= 15 is 0 Å². The maximum atomic E-state index is 12.4. The number of methoxy groups -OCH3 is 1. The largest absolute Gasteiger partial charge is 0.497 e. The molecule has 6 heteroatoms. The number of ether oxygens (including phenoxy) is 1. The molecule has 2 aromatic carbocycles. The quantitative estimate of drug-likeness (QED) is 0.887. The molecule has 1 fully saturated rings. The molecule has 0 radical (unpaired) electrons. The first-order valence-corrected chi connectivity index (χ1v) is 8.71. The predicted octanol–water partition coefficient (Wildman–Crippen LogP) is 3.12. The fourth-order valence-electron chi connectivity index (χ4n) is 2.96. The third-order valence-corrected chi connectivity index (χ3v) is 4.49. The van der Waals surface area contributed by atoms with E-state index in [2.05, 4.69) is 10.6 Å². The standard InChI is InChI=1S/C20H23N3O3/c1-26-18-9-7-16(8-10-18)22-20(25)23-13-11-17(12-14-23)21-19(24)15-5-3-2-4-6-15/h2-10,17H,11-14H2,1H3,(H,21,24)(H,22,25). The van der Waals surface area contributed by atoms with Gasteiger partial charge in [-0.2, -0.15) is 0 Å². The lowest BCUT2D eigenvalue weighted by atomic mass is 10.0. The van der Waals surface area contributed by atoms with Crippen LogP contribution in [-0.4, -0.2) is 43.1 Å². The zero-order valence-electron chi connectivity index (χ0n) is 14.8. The van der Waals surface area contributed by atoms with Gasteiger partial charge in [0.05, 0.1) is 7.11 Å². The molecule has 1 saturated heterocycles. The molecule has 0 atom stereocenters. The minimum atomic E-state index is -0.122. The van der Waals surface area contributed by atoms with E-state index in [4.69, 9.17) is 4.74 Å². The fraction of sp³-hybridized carbons (Fsp3) is 0.300. The van der Waals surface area contributed by atoms with E-state index in [-0.39, 0.29) is 18.0 Å². The van der Waals surface area contributed by atoms with Gasteiger partial charge in [-0.1, -0.05) is 18.2 Å². The smallest absolute Gasteiger partial charge is 0.321 e. The van der Waals surface area contributed by atoms with Crippen LogP contribution in [0.5, 0.6) is 5.75 Å². The summed E-state index contributed by atoms with van der Waals surface area (Å²) in [5.74, 6) is 0.685. The molecule has 3 rings (SSSR count). The average molecular weight is 353 g/mol. The lowest BCUT2D eigenvalue weighted by molar-refractivity contribution is 0.0919. The summed E-state index contributed by atoms with van der Waals surface area (Å²) in [6, 6.07) is 16.4. The highest BCUT2D eigenvalue weighted by Gasteiger charge is 2.24. The molecule has 2 N–H and O–H groups in total. The topological polar surface area (TPSA) is 70.7 Å². The Kier molecular flexibility index (Phi) is 5.73. The number of benzene rings is 2. The number of amides is 3.